The molecule has 0 bridgehead atoms. The molecule has 1 N–H and O–H groups in total. The van der Waals surface area contributed by atoms with Crippen LogP contribution in [0.4, 0.5) is 8.78 Å². The summed E-state index contributed by atoms with van der Waals surface area (Å²) < 4.78 is 47.9. The van der Waals surface area contributed by atoms with E-state index >= 15 is 0 Å². The van der Waals surface area contributed by atoms with Crippen molar-refractivity contribution in [1.29, 1.82) is 0 Å². The number of amides is 1. The van der Waals surface area contributed by atoms with Gasteiger partial charge in [-0.3, -0.25) is 4.79 Å². The van der Waals surface area contributed by atoms with Crippen molar-refractivity contribution in [2.45, 2.75) is 30.0 Å². The highest BCUT2D eigenvalue weighted by molar-refractivity contribution is 7.91. The van der Waals surface area contributed by atoms with Crippen LogP contribution < -0.4 is 10.4 Å². The van der Waals surface area contributed by atoms with E-state index in [1.807, 2.05) is 6.92 Å². The molecule has 0 unspecified atom stereocenters. The van der Waals surface area contributed by atoms with Crippen LogP contribution in [0, 0.1) is 6.92 Å². The summed E-state index contributed by atoms with van der Waals surface area (Å²) in [5.74, 6) is -5.60. The van der Waals surface area contributed by atoms with Gasteiger partial charge in [0.1, 0.15) is 0 Å². The highest BCUT2D eigenvalue weighted by Crippen LogP contribution is 2.20. The number of sulfone groups is 1. The Morgan fingerprint density at radius 3 is 2.07 bits per heavy atom. The van der Waals surface area contributed by atoms with E-state index in [9.17, 15) is 31.9 Å². The van der Waals surface area contributed by atoms with Gasteiger partial charge in [0.15, 0.2) is 0 Å². The number of aryl methyl sites for hydroxylation is 1. The molecule has 0 radical (unpaired) electrons. The first-order chi connectivity index (χ1) is 12.6. The van der Waals surface area contributed by atoms with Crippen LogP contribution in [-0.4, -0.2) is 26.1 Å². The van der Waals surface area contributed by atoms with E-state index in [0.717, 1.165) is 29.8 Å². The summed E-state index contributed by atoms with van der Waals surface area (Å²) in [6, 6.07) is 9.94. The van der Waals surface area contributed by atoms with Crippen molar-refractivity contribution in [1.82, 2.24) is 5.32 Å². The second-order valence-corrected chi connectivity index (χ2v) is 7.76. The second kappa shape index (κ2) is 8.26. The van der Waals surface area contributed by atoms with Crippen LogP contribution >= 0.6 is 0 Å². The number of hydrogen-bond donors (Lipinski definition) is 1. The van der Waals surface area contributed by atoms with Crippen LogP contribution in [0.15, 0.2) is 53.4 Å². The predicted molar refractivity (Wildman–Crippen MR) is 90.6 cm³/mol. The number of benzene rings is 2. The lowest BCUT2D eigenvalue weighted by atomic mass is 10.0. The fourth-order valence-corrected chi connectivity index (χ4v) is 3.08. The summed E-state index contributed by atoms with van der Waals surface area (Å²) in [4.78, 5) is 22.7. The van der Waals surface area contributed by atoms with Crippen molar-refractivity contribution < 1.29 is 31.9 Å². The summed E-state index contributed by atoms with van der Waals surface area (Å²) in [7, 11) is -4.76. The zero-order chi connectivity index (χ0) is 20.2. The number of rotatable bonds is 7. The molecule has 1 amide bonds. The Labute approximate surface area is 154 Å². The van der Waals surface area contributed by atoms with Gasteiger partial charge in [-0.1, -0.05) is 29.8 Å². The summed E-state index contributed by atoms with van der Waals surface area (Å²) in [5.41, 5.74) is 1.50. The topological polar surface area (TPSA) is 103 Å². The van der Waals surface area contributed by atoms with Crippen LogP contribution in [0.3, 0.4) is 0 Å². The molecular formula is C18H16F2NO5S-. The Hall–Kier alpha value is -2.81. The smallest absolute Gasteiger partial charge is 0.341 e. The molecule has 2 aromatic carbocycles. The van der Waals surface area contributed by atoms with E-state index in [0.29, 0.717) is 5.56 Å². The number of hydrogen-bond acceptors (Lipinski definition) is 5. The van der Waals surface area contributed by atoms with Crippen molar-refractivity contribution in [3.05, 3.63) is 65.2 Å². The normalized spacial score (nSPS) is 12.6. The van der Waals surface area contributed by atoms with Crippen LogP contribution in [0.25, 0.3) is 0 Å². The average molecular weight is 396 g/mol. The number of carbonyl (C=O) groups is 2. The third-order valence-electron chi connectivity index (χ3n) is 3.84. The van der Waals surface area contributed by atoms with Gasteiger partial charge < -0.3 is 15.2 Å². The Kier molecular flexibility index (Phi) is 6.27. The molecule has 144 valence electrons. The zero-order valence-corrected chi connectivity index (χ0v) is 15.0. The minimum atomic E-state index is -4.76. The largest absolute Gasteiger partial charge is 0.550 e. The highest BCUT2D eigenvalue weighted by atomic mass is 32.2. The Morgan fingerprint density at radius 1 is 1.04 bits per heavy atom. The van der Waals surface area contributed by atoms with Gasteiger partial charge in [-0.2, -0.15) is 8.78 Å². The molecule has 0 heterocycles. The molecule has 0 aliphatic rings. The van der Waals surface area contributed by atoms with Gasteiger partial charge >= 0.3 is 5.76 Å². The van der Waals surface area contributed by atoms with E-state index < -0.39 is 44.8 Å². The number of aliphatic carboxylic acids is 1. The van der Waals surface area contributed by atoms with Crippen molar-refractivity contribution >= 4 is 21.7 Å². The van der Waals surface area contributed by atoms with Crippen molar-refractivity contribution in [3.63, 3.8) is 0 Å². The van der Waals surface area contributed by atoms with Gasteiger partial charge in [-0.25, -0.2) is 8.42 Å². The Morgan fingerprint density at radius 2 is 1.59 bits per heavy atom. The first-order valence-corrected chi connectivity index (χ1v) is 9.35. The van der Waals surface area contributed by atoms with Crippen LogP contribution in [0.2, 0.25) is 0 Å². The number of halogens is 2. The number of carboxylic acid groups (broad SMARTS) is 1. The maximum absolute atomic E-state index is 12.5. The first kappa shape index (κ1) is 20.5. The fourth-order valence-electron chi connectivity index (χ4n) is 2.36. The summed E-state index contributed by atoms with van der Waals surface area (Å²) in [5, 5.41) is 13.5. The molecule has 0 aliphatic carbocycles. The average Bonchev–Trinajstić information content (AvgIpc) is 2.61. The number of alkyl halides is 2. The molecule has 0 fully saturated rings. The van der Waals surface area contributed by atoms with Gasteiger partial charge in [0.2, 0.25) is 9.84 Å². The molecule has 0 aliphatic heterocycles. The first-order valence-electron chi connectivity index (χ1n) is 7.80. The third-order valence-corrected chi connectivity index (χ3v) is 5.23. The van der Waals surface area contributed by atoms with Crippen molar-refractivity contribution in [2.24, 2.45) is 0 Å². The van der Waals surface area contributed by atoms with E-state index in [-0.39, 0.29) is 5.56 Å². The van der Waals surface area contributed by atoms with Crippen LogP contribution in [0.5, 0.6) is 0 Å². The van der Waals surface area contributed by atoms with Crippen LogP contribution in [-0.2, 0) is 14.6 Å². The molecule has 6 nitrogen and oxygen atoms in total. The quantitative estimate of drug-likeness (QED) is 0.766. The summed E-state index contributed by atoms with van der Waals surface area (Å²) >= 11 is 0. The number of carboxylic acids is 1. The number of nitrogens with one attached hydrogen (secondary N) is 1. The zero-order valence-electron chi connectivity index (χ0n) is 14.2. The van der Waals surface area contributed by atoms with Gasteiger partial charge in [-0.05, 0) is 36.8 Å². The molecule has 0 aromatic heterocycles. The van der Waals surface area contributed by atoms with Gasteiger partial charge in [0, 0.05) is 18.0 Å². The maximum Gasteiger partial charge on any atom is 0.341 e. The van der Waals surface area contributed by atoms with E-state index in [2.05, 4.69) is 5.32 Å². The predicted octanol–water partition coefficient (Wildman–Crippen LogP) is 1.60. The molecule has 0 saturated heterocycles. The molecule has 0 saturated carbocycles. The molecule has 0 spiro atoms. The van der Waals surface area contributed by atoms with Crippen molar-refractivity contribution in [2.75, 3.05) is 0 Å². The van der Waals surface area contributed by atoms with Gasteiger partial charge in [0.05, 0.1) is 10.9 Å². The highest BCUT2D eigenvalue weighted by Gasteiger charge is 2.26. The molecule has 27 heavy (non-hydrogen) atoms. The lowest BCUT2D eigenvalue weighted by Gasteiger charge is -2.20. The van der Waals surface area contributed by atoms with E-state index in [4.69, 9.17) is 0 Å². The Bertz CT molecular complexity index is 925. The minimum absolute atomic E-state index is 0.00123. The maximum atomic E-state index is 12.5. The fraction of sp³-hybridized carbons (Fsp3) is 0.222. The Balaban J connectivity index is 2.22. The monoisotopic (exact) mass is 396 g/mol. The summed E-state index contributed by atoms with van der Waals surface area (Å²) in [6.07, 6.45) is -0.466. The molecule has 1 atom stereocenters. The SMILES string of the molecule is Cc1ccc([C@H](CC(=O)[O-])NC(=O)c2ccc(S(=O)(=O)C(F)F)cc2)cc1. The van der Waals surface area contributed by atoms with E-state index in [1.54, 1.807) is 24.3 Å². The minimum Gasteiger partial charge on any atom is -0.550 e. The third kappa shape index (κ3) is 5.10. The van der Waals surface area contributed by atoms with Crippen LogP contribution in [0.1, 0.15) is 33.9 Å². The summed E-state index contributed by atoms with van der Waals surface area (Å²) in [6.45, 7) is 1.85. The standard InChI is InChI=1S/C18H17F2NO5S/c1-11-2-4-12(5-3-11)15(10-16(22)23)21-17(24)13-6-8-14(9-7-13)27(25,26)18(19)20/h2-9,15,18H,10H2,1H3,(H,21,24)(H,22,23)/p-1/t15-/m0/s1. The molecule has 9 heteroatoms. The molecule has 2 rings (SSSR count). The van der Waals surface area contributed by atoms with Crippen molar-refractivity contribution in [3.8, 4) is 0 Å². The number of carbonyl (C=O) groups excluding carboxylic acids is 2. The molecular weight excluding hydrogens is 380 g/mol. The lowest BCUT2D eigenvalue weighted by Crippen LogP contribution is -2.34. The second-order valence-electron chi connectivity index (χ2n) is 5.84. The lowest BCUT2D eigenvalue weighted by molar-refractivity contribution is -0.306. The van der Waals surface area contributed by atoms with Gasteiger partial charge in [0.25, 0.3) is 5.91 Å². The molecule has 2 aromatic rings. The van der Waals surface area contributed by atoms with E-state index in [1.165, 1.54) is 0 Å². The van der Waals surface area contributed by atoms with Gasteiger partial charge in [-0.15, -0.1) is 0 Å².